The van der Waals surface area contributed by atoms with Crippen LogP contribution in [0.5, 0.6) is 0 Å². The van der Waals surface area contributed by atoms with Crippen LogP contribution < -0.4 is 5.32 Å². The van der Waals surface area contributed by atoms with Crippen molar-refractivity contribution in [3.63, 3.8) is 0 Å². The van der Waals surface area contributed by atoms with E-state index in [9.17, 15) is 8.78 Å². The fourth-order valence-corrected chi connectivity index (χ4v) is 2.56. The average molecular weight is 406 g/mol. The minimum absolute atomic E-state index is 0.0716. The first kappa shape index (κ1) is 14.5. The molecule has 0 bridgehead atoms. The molecular formula is C10H4Br2F2N6. The molecule has 2 aromatic rings. The number of nitriles is 1. The van der Waals surface area contributed by atoms with Gasteiger partial charge < -0.3 is 5.32 Å². The third-order valence-corrected chi connectivity index (χ3v) is 3.55. The van der Waals surface area contributed by atoms with E-state index in [0.29, 0.717) is 0 Å². The summed E-state index contributed by atoms with van der Waals surface area (Å²) >= 11 is 6.02. The van der Waals surface area contributed by atoms with Gasteiger partial charge >= 0.3 is 0 Å². The maximum absolute atomic E-state index is 13.4. The molecule has 20 heavy (non-hydrogen) atoms. The number of aromatic nitrogens is 4. The normalized spacial score (nSPS) is 11.2. The number of hydrogen-bond donors (Lipinski definition) is 2. The number of allylic oxidation sites excluding steroid dienone is 1. The molecule has 1 aromatic carbocycles. The Morgan fingerprint density at radius 2 is 2.20 bits per heavy atom. The highest BCUT2D eigenvalue weighted by Crippen LogP contribution is 2.35. The fraction of sp³-hybridized carbons (Fsp3) is 0. The molecule has 2 rings (SSSR count). The number of nitrogens with one attached hydrogen (secondary N) is 2. The molecule has 0 amide bonds. The zero-order valence-electron chi connectivity index (χ0n) is 9.46. The molecule has 6 nitrogen and oxygen atoms in total. The van der Waals surface area contributed by atoms with Gasteiger partial charge in [0, 0.05) is 10.7 Å². The lowest BCUT2D eigenvalue weighted by Gasteiger charge is -2.08. The van der Waals surface area contributed by atoms with E-state index in [1.807, 2.05) is 6.07 Å². The molecular weight excluding hydrogens is 402 g/mol. The first-order valence-corrected chi connectivity index (χ1v) is 6.56. The zero-order valence-corrected chi connectivity index (χ0v) is 12.6. The molecule has 0 saturated heterocycles. The first-order valence-electron chi connectivity index (χ1n) is 4.98. The predicted molar refractivity (Wildman–Crippen MR) is 73.1 cm³/mol. The summed E-state index contributed by atoms with van der Waals surface area (Å²) in [6.45, 7) is 0. The molecule has 1 aromatic heterocycles. The maximum atomic E-state index is 13.4. The Morgan fingerprint density at radius 1 is 1.45 bits per heavy atom. The Kier molecular flexibility index (Phi) is 4.41. The quantitative estimate of drug-likeness (QED) is 0.465. The number of rotatable bonds is 3. The minimum Gasteiger partial charge on any atom is -0.358 e. The van der Waals surface area contributed by atoms with E-state index in [1.165, 1.54) is 6.20 Å². The van der Waals surface area contributed by atoms with Gasteiger partial charge in [0.05, 0.1) is 10.2 Å². The van der Waals surface area contributed by atoms with Crippen LogP contribution >= 0.6 is 31.9 Å². The molecule has 0 spiro atoms. The minimum atomic E-state index is -1.04. The monoisotopic (exact) mass is 404 g/mol. The average Bonchev–Trinajstić information content (AvgIpc) is 2.94. The second kappa shape index (κ2) is 6.06. The summed E-state index contributed by atoms with van der Waals surface area (Å²) in [6.07, 6.45) is 1.26. The molecule has 1 heterocycles. The number of benzene rings is 1. The number of nitrogens with zero attached hydrogens (tertiary/aromatic N) is 4. The van der Waals surface area contributed by atoms with E-state index in [0.717, 1.165) is 6.07 Å². The van der Waals surface area contributed by atoms with Crippen LogP contribution in [0.15, 0.2) is 21.2 Å². The summed E-state index contributed by atoms with van der Waals surface area (Å²) in [5, 5.41) is 24.5. The maximum Gasteiger partial charge on any atom is 0.216 e. The number of H-pyrrole nitrogens is 1. The van der Waals surface area contributed by atoms with Gasteiger partial charge in [0.25, 0.3) is 0 Å². The Morgan fingerprint density at radius 3 is 2.80 bits per heavy atom. The highest BCUT2D eigenvalue weighted by Gasteiger charge is 2.15. The highest BCUT2D eigenvalue weighted by molar-refractivity contribution is 9.11. The lowest BCUT2D eigenvalue weighted by atomic mass is 10.2. The topological polar surface area (TPSA) is 90.3 Å². The van der Waals surface area contributed by atoms with E-state index in [-0.39, 0.29) is 26.0 Å². The van der Waals surface area contributed by atoms with Crippen molar-refractivity contribution in [2.45, 2.75) is 0 Å². The van der Waals surface area contributed by atoms with Crippen LogP contribution in [0.4, 0.5) is 14.5 Å². The predicted octanol–water partition coefficient (Wildman–Crippen LogP) is 2.98. The van der Waals surface area contributed by atoms with Gasteiger partial charge in [0.15, 0.2) is 11.6 Å². The van der Waals surface area contributed by atoms with Gasteiger partial charge in [-0.05, 0) is 43.1 Å². The summed E-state index contributed by atoms with van der Waals surface area (Å²) in [5.74, 6) is -1.96. The molecule has 2 N–H and O–H groups in total. The standard InChI is InChI=1S/C10H4Br2F2N6/c11-5-1-6(13)8(14)7(12)9(5)16-3-4(2-15)10-17-19-20-18-10/h1,3,16H,(H,17,18,19,20). The summed E-state index contributed by atoms with van der Waals surface area (Å²) in [6, 6.07) is 2.82. The van der Waals surface area contributed by atoms with Gasteiger partial charge in [-0.3, -0.25) is 0 Å². The van der Waals surface area contributed by atoms with Gasteiger partial charge in [-0.25, -0.2) is 8.78 Å². The second-order valence-electron chi connectivity index (χ2n) is 3.39. The molecule has 0 aliphatic heterocycles. The fourth-order valence-electron chi connectivity index (χ4n) is 1.27. The molecule has 0 unspecified atom stereocenters. The molecule has 0 aliphatic rings. The number of hydrogen-bond acceptors (Lipinski definition) is 5. The van der Waals surface area contributed by atoms with Gasteiger partial charge in [-0.2, -0.15) is 10.5 Å². The molecule has 0 saturated carbocycles. The number of aromatic amines is 1. The van der Waals surface area contributed by atoms with E-state index >= 15 is 0 Å². The highest BCUT2D eigenvalue weighted by atomic mass is 79.9. The second-order valence-corrected chi connectivity index (χ2v) is 5.04. The van der Waals surface area contributed by atoms with Crippen molar-refractivity contribution >= 4 is 43.1 Å². The number of halogens is 4. The van der Waals surface area contributed by atoms with Crippen LogP contribution in [-0.2, 0) is 0 Å². The van der Waals surface area contributed by atoms with E-state index < -0.39 is 11.6 Å². The van der Waals surface area contributed by atoms with Gasteiger partial charge in [0.2, 0.25) is 5.82 Å². The van der Waals surface area contributed by atoms with Gasteiger partial charge in [0.1, 0.15) is 11.6 Å². The molecule has 0 aliphatic carbocycles. The third-order valence-electron chi connectivity index (χ3n) is 2.18. The van der Waals surface area contributed by atoms with Crippen molar-refractivity contribution in [1.29, 1.82) is 5.26 Å². The molecule has 10 heteroatoms. The molecule has 0 atom stereocenters. The Hall–Kier alpha value is -1.86. The van der Waals surface area contributed by atoms with E-state index in [4.69, 9.17) is 5.26 Å². The van der Waals surface area contributed by atoms with Crippen molar-refractivity contribution in [2.75, 3.05) is 5.32 Å². The van der Waals surface area contributed by atoms with Crippen LogP contribution in [-0.4, -0.2) is 20.6 Å². The Balaban J connectivity index is 2.36. The Bertz CT molecular complexity index is 708. The first-order chi connectivity index (χ1) is 9.54. The number of tetrazole rings is 1. The summed E-state index contributed by atoms with van der Waals surface area (Å²) < 4.78 is 26.8. The van der Waals surface area contributed by atoms with Crippen molar-refractivity contribution in [1.82, 2.24) is 20.6 Å². The van der Waals surface area contributed by atoms with Crippen LogP contribution in [0.3, 0.4) is 0 Å². The van der Waals surface area contributed by atoms with Crippen molar-refractivity contribution in [2.24, 2.45) is 0 Å². The molecule has 102 valence electrons. The lowest BCUT2D eigenvalue weighted by Crippen LogP contribution is -1.98. The molecule has 0 radical (unpaired) electrons. The summed E-state index contributed by atoms with van der Waals surface area (Å²) in [7, 11) is 0. The third kappa shape index (κ3) is 2.83. The van der Waals surface area contributed by atoms with Gasteiger partial charge in [-0.1, -0.05) is 0 Å². The van der Waals surface area contributed by atoms with Crippen LogP contribution in [0.1, 0.15) is 5.82 Å². The van der Waals surface area contributed by atoms with Crippen LogP contribution in [0.25, 0.3) is 5.57 Å². The van der Waals surface area contributed by atoms with Crippen molar-refractivity contribution in [3.8, 4) is 6.07 Å². The van der Waals surface area contributed by atoms with Crippen molar-refractivity contribution in [3.05, 3.63) is 38.7 Å². The largest absolute Gasteiger partial charge is 0.358 e. The van der Waals surface area contributed by atoms with Gasteiger partial charge in [-0.15, -0.1) is 10.2 Å². The van der Waals surface area contributed by atoms with E-state index in [2.05, 4.69) is 57.8 Å². The molecule has 0 fully saturated rings. The summed E-state index contributed by atoms with van der Waals surface area (Å²) in [4.78, 5) is 0. The number of anilines is 1. The summed E-state index contributed by atoms with van der Waals surface area (Å²) in [5.41, 5.74) is 0.294. The van der Waals surface area contributed by atoms with E-state index in [1.54, 1.807) is 0 Å². The zero-order chi connectivity index (χ0) is 14.7. The SMILES string of the molecule is N#CC(=CNc1c(Br)cc(F)c(F)c1Br)c1nn[nH]n1. The Labute approximate surface area is 128 Å². The van der Waals surface area contributed by atoms with Crippen LogP contribution in [0, 0.1) is 23.0 Å². The lowest BCUT2D eigenvalue weighted by molar-refractivity contribution is 0.504. The van der Waals surface area contributed by atoms with Crippen molar-refractivity contribution < 1.29 is 8.78 Å². The van der Waals surface area contributed by atoms with Crippen LogP contribution in [0.2, 0.25) is 0 Å². The smallest absolute Gasteiger partial charge is 0.216 e.